The molecule has 0 aliphatic carbocycles. The Kier molecular flexibility index (Phi) is 10.4. The molecule has 2 saturated heterocycles. The molecule has 43 heavy (non-hydrogen) atoms. The van der Waals surface area contributed by atoms with E-state index in [1.54, 1.807) is 13.3 Å². The summed E-state index contributed by atoms with van der Waals surface area (Å²) in [6, 6.07) is 6.98. The predicted octanol–water partition coefficient (Wildman–Crippen LogP) is 5.47. The number of methoxy groups -OCH3 is 1. The Morgan fingerprint density at radius 3 is 2.56 bits per heavy atom. The Morgan fingerprint density at radius 2 is 1.84 bits per heavy atom. The highest BCUT2D eigenvalue weighted by molar-refractivity contribution is 5.85. The van der Waals surface area contributed by atoms with Gasteiger partial charge in [-0.2, -0.15) is 0 Å². The third-order valence-electron chi connectivity index (χ3n) is 8.93. The van der Waals surface area contributed by atoms with Crippen molar-refractivity contribution in [2.24, 2.45) is 5.41 Å². The highest BCUT2D eigenvalue weighted by Gasteiger charge is 2.35. The second kappa shape index (κ2) is 14.2. The van der Waals surface area contributed by atoms with E-state index < -0.39 is 29.0 Å². The first-order valence-electron chi connectivity index (χ1n) is 14.9. The van der Waals surface area contributed by atoms with Crippen LogP contribution in [0.15, 0.2) is 36.5 Å². The van der Waals surface area contributed by atoms with Crippen molar-refractivity contribution in [1.29, 1.82) is 0 Å². The van der Waals surface area contributed by atoms with Crippen LogP contribution in [-0.4, -0.2) is 86.1 Å². The van der Waals surface area contributed by atoms with Gasteiger partial charge in [-0.3, -0.25) is 9.88 Å². The van der Waals surface area contributed by atoms with Crippen molar-refractivity contribution < 1.29 is 32.1 Å². The molecule has 2 aliphatic rings. The maximum atomic E-state index is 16.4. The van der Waals surface area contributed by atoms with Crippen molar-refractivity contribution in [1.82, 2.24) is 14.8 Å². The SMILES string of the molecule is COc1ccc2ncc(CN3CCOCC3)c([C@@H](F)CCC3(CO)CCN(CCNc4cc(F)cc(F)c4F)CC3)c2c1. The zero-order chi connectivity index (χ0) is 30.4. The molecule has 5 rings (SSSR count). The van der Waals surface area contributed by atoms with Gasteiger partial charge in [0.25, 0.3) is 0 Å². The smallest absolute Gasteiger partial charge is 0.182 e. The van der Waals surface area contributed by atoms with Crippen LogP contribution in [0.4, 0.5) is 23.2 Å². The van der Waals surface area contributed by atoms with E-state index in [-0.39, 0.29) is 18.7 Å². The molecule has 2 aromatic carbocycles. The first-order chi connectivity index (χ1) is 20.8. The Hall–Kier alpha value is -2.99. The number of piperidine rings is 1. The molecule has 234 valence electrons. The molecule has 11 heteroatoms. The summed E-state index contributed by atoms with van der Waals surface area (Å²) >= 11 is 0. The van der Waals surface area contributed by atoms with Crippen molar-refractivity contribution in [2.75, 3.05) is 71.5 Å². The topological polar surface area (TPSA) is 70.1 Å². The number of aliphatic hydroxyl groups excluding tert-OH is 1. The fourth-order valence-electron chi connectivity index (χ4n) is 6.21. The van der Waals surface area contributed by atoms with Crippen LogP contribution >= 0.6 is 0 Å². The summed E-state index contributed by atoms with van der Waals surface area (Å²) in [6.07, 6.45) is 2.69. The number of hydrogen-bond acceptors (Lipinski definition) is 7. The lowest BCUT2D eigenvalue weighted by molar-refractivity contribution is 0.0306. The molecule has 2 aliphatic heterocycles. The van der Waals surface area contributed by atoms with Gasteiger partial charge in [-0.15, -0.1) is 0 Å². The lowest BCUT2D eigenvalue weighted by Crippen LogP contribution is -2.43. The molecule has 0 radical (unpaired) electrons. The highest BCUT2D eigenvalue weighted by Crippen LogP contribution is 2.41. The van der Waals surface area contributed by atoms with Crippen LogP contribution < -0.4 is 10.1 Å². The number of aromatic nitrogens is 1. The lowest BCUT2D eigenvalue weighted by Gasteiger charge is -2.41. The van der Waals surface area contributed by atoms with Gasteiger partial charge < -0.3 is 24.8 Å². The third-order valence-corrected chi connectivity index (χ3v) is 8.93. The van der Waals surface area contributed by atoms with Crippen LogP contribution in [0.3, 0.4) is 0 Å². The summed E-state index contributed by atoms with van der Waals surface area (Å²) in [5.41, 5.74) is 1.58. The maximum absolute atomic E-state index is 16.4. The minimum absolute atomic E-state index is 0.0366. The number of nitrogens with one attached hydrogen (secondary N) is 1. The van der Waals surface area contributed by atoms with E-state index in [1.165, 1.54) is 0 Å². The van der Waals surface area contributed by atoms with Crippen LogP contribution in [0.2, 0.25) is 0 Å². The number of anilines is 1. The van der Waals surface area contributed by atoms with Gasteiger partial charge in [-0.1, -0.05) is 0 Å². The molecule has 1 atom stereocenters. The molecule has 1 aromatic heterocycles. The summed E-state index contributed by atoms with van der Waals surface area (Å²) in [6.45, 7) is 5.60. The summed E-state index contributed by atoms with van der Waals surface area (Å²) in [5, 5.41) is 13.9. The van der Waals surface area contributed by atoms with E-state index >= 15 is 4.39 Å². The van der Waals surface area contributed by atoms with E-state index in [4.69, 9.17) is 9.47 Å². The van der Waals surface area contributed by atoms with Gasteiger partial charge in [0.2, 0.25) is 0 Å². The number of rotatable bonds is 12. The number of nitrogens with zero attached hydrogens (tertiary/aromatic N) is 3. The van der Waals surface area contributed by atoms with E-state index in [0.29, 0.717) is 88.1 Å². The second-order valence-corrected chi connectivity index (χ2v) is 11.7. The van der Waals surface area contributed by atoms with Gasteiger partial charge in [0, 0.05) is 68.6 Å². The predicted molar refractivity (Wildman–Crippen MR) is 157 cm³/mol. The van der Waals surface area contributed by atoms with Gasteiger partial charge in [-0.25, -0.2) is 17.6 Å². The Balaban J connectivity index is 1.22. The number of morpholine rings is 1. The van der Waals surface area contributed by atoms with Crippen molar-refractivity contribution in [3.05, 3.63) is 65.1 Å². The van der Waals surface area contributed by atoms with Crippen molar-refractivity contribution in [3.8, 4) is 5.75 Å². The number of pyridine rings is 1. The highest BCUT2D eigenvalue weighted by atomic mass is 19.2. The standard InChI is InChI=1S/C32H40F4N4O3/c1-42-24-2-3-28-25(18-24)30(22(19-38-28)20-40-12-14-43-15-13-40)26(34)4-5-32(21-41)6-9-39(10-7-32)11-8-37-29-17-23(33)16-27(35)31(29)36/h2-3,16-19,26,37,41H,4-15,20-21H2,1H3/t26-/m0/s1. The molecule has 0 amide bonds. The Bertz CT molecular complexity index is 1380. The molecule has 0 saturated carbocycles. The maximum Gasteiger partial charge on any atom is 0.182 e. The largest absolute Gasteiger partial charge is 0.497 e. The van der Waals surface area contributed by atoms with Gasteiger partial charge in [-0.05, 0) is 68.0 Å². The van der Waals surface area contributed by atoms with Crippen molar-refractivity contribution in [3.63, 3.8) is 0 Å². The fourth-order valence-corrected chi connectivity index (χ4v) is 6.21. The van der Waals surface area contributed by atoms with Crippen LogP contribution in [-0.2, 0) is 11.3 Å². The molecular formula is C32H40F4N4O3. The zero-order valence-electron chi connectivity index (χ0n) is 24.6. The van der Waals surface area contributed by atoms with E-state index in [2.05, 4.69) is 20.1 Å². The van der Waals surface area contributed by atoms with Gasteiger partial charge in [0.15, 0.2) is 11.6 Å². The number of fused-ring (bicyclic) bond motifs is 1. The van der Waals surface area contributed by atoms with Gasteiger partial charge >= 0.3 is 0 Å². The monoisotopic (exact) mass is 604 g/mol. The van der Waals surface area contributed by atoms with E-state index in [1.807, 2.05) is 18.2 Å². The summed E-state index contributed by atoms with van der Waals surface area (Å²) in [5.74, 6) is -2.53. The number of ether oxygens (including phenoxy) is 2. The molecule has 0 bridgehead atoms. The summed E-state index contributed by atoms with van der Waals surface area (Å²) < 4.78 is 68.2. The number of likely N-dealkylation sites (tertiary alicyclic amines) is 1. The summed E-state index contributed by atoms with van der Waals surface area (Å²) in [7, 11) is 1.59. The van der Waals surface area contributed by atoms with E-state index in [0.717, 1.165) is 30.1 Å². The first-order valence-corrected chi connectivity index (χ1v) is 14.9. The quantitative estimate of drug-likeness (QED) is 0.210. The number of benzene rings is 2. The number of aliphatic hydroxyl groups is 1. The minimum Gasteiger partial charge on any atom is -0.497 e. The average molecular weight is 605 g/mol. The number of halogens is 4. The molecule has 3 heterocycles. The normalized spacial score (nSPS) is 18.6. The molecule has 2 N–H and O–H groups in total. The van der Waals surface area contributed by atoms with Crippen molar-refractivity contribution >= 4 is 16.6 Å². The molecule has 0 spiro atoms. The third kappa shape index (κ3) is 7.57. The molecule has 7 nitrogen and oxygen atoms in total. The molecular weight excluding hydrogens is 564 g/mol. The van der Waals surface area contributed by atoms with Crippen molar-refractivity contribution in [2.45, 2.75) is 38.4 Å². The minimum atomic E-state index is -1.25. The lowest BCUT2D eigenvalue weighted by atomic mass is 9.74. The Morgan fingerprint density at radius 1 is 1.07 bits per heavy atom. The number of hydrogen-bond donors (Lipinski definition) is 2. The average Bonchev–Trinajstić information content (AvgIpc) is 3.03. The van der Waals surface area contributed by atoms with Crippen LogP contribution in [0.5, 0.6) is 5.75 Å². The molecule has 3 aromatic rings. The van der Waals surface area contributed by atoms with Gasteiger partial charge in [0.05, 0.1) is 31.5 Å². The van der Waals surface area contributed by atoms with Gasteiger partial charge in [0.1, 0.15) is 17.7 Å². The second-order valence-electron chi connectivity index (χ2n) is 11.7. The summed E-state index contributed by atoms with van der Waals surface area (Å²) in [4.78, 5) is 9.03. The number of alkyl halides is 1. The zero-order valence-corrected chi connectivity index (χ0v) is 24.6. The van der Waals surface area contributed by atoms with E-state index in [9.17, 15) is 18.3 Å². The Labute approximate surface area is 249 Å². The van der Waals surface area contributed by atoms with Crippen LogP contribution in [0.1, 0.15) is 43.0 Å². The van der Waals surface area contributed by atoms with Crippen LogP contribution in [0.25, 0.3) is 10.9 Å². The van der Waals surface area contributed by atoms with Crippen LogP contribution in [0, 0.1) is 22.9 Å². The molecule has 0 unspecified atom stereocenters. The fraction of sp³-hybridized carbons (Fsp3) is 0.531. The molecule has 2 fully saturated rings. The first kappa shape index (κ1) is 31.4.